The van der Waals surface area contributed by atoms with Crippen LogP contribution in [0, 0.1) is 0 Å². The number of rotatable bonds is 8. The third-order valence-corrected chi connectivity index (χ3v) is 3.60. The number of hydrogen-bond acceptors (Lipinski definition) is 3. The first-order chi connectivity index (χ1) is 11.2. The van der Waals surface area contributed by atoms with Crippen molar-refractivity contribution in [1.82, 2.24) is 5.32 Å². The maximum Gasteiger partial charge on any atom is 0.251 e. The Morgan fingerprint density at radius 3 is 2.43 bits per heavy atom. The van der Waals surface area contributed by atoms with E-state index in [1.807, 2.05) is 25.1 Å². The van der Waals surface area contributed by atoms with Gasteiger partial charge in [-0.15, -0.1) is 0 Å². The predicted octanol–water partition coefficient (Wildman–Crippen LogP) is 3.59. The van der Waals surface area contributed by atoms with Gasteiger partial charge in [0.2, 0.25) is 0 Å². The summed E-state index contributed by atoms with van der Waals surface area (Å²) in [5, 5.41) is 2.89. The Kier molecular flexibility index (Phi) is 6.63. The molecule has 0 fully saturated rings. The average Bonchev–Trinajstić information content (AvgIpc) is 2.62. The summed E-state index contributed by atoms with van der Waals surface area (Å²) >= 11 is 0. The van der Waals surface area contributed by atoms with Gasteiger partial charge in [0.1, 0.15) is 5.75 Å². The Labute approximate surface area is 137 Å². The van der Waals surface area contributed by atoms with Crippen LogP contribution in [-0.2, 0) is 4.74 Å². The maximum absolute atomic E-state index is 12.0. The molecule has 23 heavy (non-hydrogen) atoms. The van der Waals surface area contributed by atoms with Crippen LogP contribution in [0.4, 0.5) is 0 Å². The molecule has 0 saturated carbocycles. The molecule has 0 aromatic heterocycles. The summed E-state index contributed by atoms with van der Waals surface area (Å²) in [7, 11) is 1.60. The van der Waals surface area contributed by atoms with E-state index in [4.69, 9.17) is 9.47 Å². The fourth-order valence-corrected chi connectivity index (χ4v) is 2.20. The van der Waals surface area contributed by atoms with Crippen LogP contribution in [0.3, 0.4) is 0 Å². The predicted molar refractivity (Wildman–Crippen MR) is 90.8 cm³/mol. The topological polar surface area (TPSA) is 47.6 Å². The Bertz CT molecular complexity index is 596. The third-order valence-electron chi connectivity index (χ3n) is 3.60. The van der Waals surface area contributed by atoms with Gasteiger partial charge in [-0.05, 0) is 43.2 Å². The lowest BCUT2D eigenvalue weighted by Crippen LogP contribution is -2.25. The van der Waals surface area contributed by atoms with Crippen molar-refractivity contribution in [1.29, 1.82) is 0 Å². The van der Waals surface area contributed by atoms with Crippen LogP contribution in [0.5, 0.6) is 5.75 Å². The van der Waals surface area contributed by atoms with Crippen LogP contribution in [0.25, 0.3) is 0 Å². The van der Waals surface area contributed by atoms with Gasteiger partial charge in [-0.25, -0.2) is 0 Å². The monoisotopic (exact) mass is 313 g/mol. The van der Waals surface area contributed by atoms with Crippen molar-refractivity contribution in [2.45, 2.75) is 19.4 Å². The molecular weight excluding hydrogens is 290 g/mol. The van der Waals surface area contributed by atoms with Crippen molar-refractivity contribution in [3.8, 4) is 5.75 Å². The van der Waals surface area contributed by atoms with Crippen molar-refractivity contribution >= 4 is 5.91 Å². The maximum atomic E-state index is 12.0. The van der Waals surface area contributed by atoms with Gasteiger partial charge in [0.15, 0.2) is 0 Å². The Morgan fingerprint density at radius 1 is 1.09 bits per heavy atom. The molecule has 0 radical (unpaired) electrons. The molecule has 0 aliphatic rings. The molecule has 4 nitrogen and oxygen atoms in total. The van der Waals surface area contributed by atoms with Gasteiger partial charge in [0, 0.05) is 18.7 Å². The second kappa shape index (κ2) is 8.96. The number of ether oxygens (including phenoxy) is 2. The van der Waals surface area contributed by atoms with Crippen LogP contribution < -0.4 is 10.1 Å². The number of methoxy groups -OCH3 is 1. The van der Waals surface area contributed by atoms with Gasteiger partial charge in [0.05, 0.1) is 13.2 Å². The van der Waals surface area contributed by atoms with E-state index >= 15 is 0 Å². The van der Waals surface area contributed by atoms with Crippen LogP contribution in [0.2, 0.25) is 0 Å². The van der Waals surface area contributed by atoms with Gasteiger partial charge < -0.3 is 14.8 Å². The standard InChI is InChI=1S/C19H23NO3/c1-15(16-7-4-3-5-8-16)23-14-6-13-20-19(21)17-9-11-18(22-2)12-10-17/h3-5,7-12,15H,6,13-14H2,1-2H3,(H,20,21)/t15-/m1/s1. The molecule has 0 aliphatic carbocycles. The Morgan fingerprint density at radius 2 is 1.78 bits per heavy atom. The summed E-state index contributed by atoms with van der Waals surface area (Å²) in [5.41, 5.74) is 1.79. The Balaban J connectivity index is 1.65. The summed E-state index contributed by atoms with van der Waals surface area (Å²) in [6.07, 6.45) is 0.840. The molecule has 0 bridgehead atoms. The zero-order chi connectivity index (χ0) is 16.5. The number of nitrogens with one attached hydrogen (secondary N) is 1. The van der Waals surface area contributed by atoms with E-state index in [0.717, 1.165) is 17.7 Å². The van der Waals surface area contributed by atoms with Crippen LogP contribution in [-0.4, -0.2) is 26.2 Å². The van der Waals surface area contributed by atoms with E-state index < -0.39 is 0 Å². The third kappa shape index (κ3) is 5.42. The fraction of sp³-hybridized carbons (Fsp3) is 0.316. The lowest BCUT2D eigenvalue weighted by atomic mass is 10.1. The summed E-state index contributed by atoms with van der Waals surface area (Å²) in [5.74, 6) is 0.661. The van der Waals surface area contributed by atoms with Gasteiger partial charge in [-0.2, -0.15) is 0 Å². The molecule has 1 N–H and O–H groups in total. The van der Waals surface area contributed by atoms with Crippen molar-refractivity contribution in [3.05, 3.63) is 65.7 Å². The highest BCUT2D eigenvalue weighted by atomic mass is 16.5. The molecule has 0 spiro atoms. The molecular formula is C19H23NO3. The van der Waals surface area contributed by atoms with Crippen molar-refractivity contribution in [2.75, 3.05) is 20.3 Å². The van der Waals surface area contributed by atoms with E-state index in [2.05, 4.69) is 17.4 Å². The molecule has 2 aromatic carbocycles. The fourth-order valence-electron chi connectivity index (χ4n) is 2.20. The molecule has 1 amide bonds. The molecule has 0 aliphatic heterocycles. The van der Waals surface area contributed by atoms with E-state index in [-0.39, 0.29) is 12.0 Å². The zero-order valence-electron chi connectivity index (χ0n) is 13.6. The summed E-state index contributed by atoms with van der Waals surface area (Å²) in [6, 6.07) is 17.2. The SMILES string of the molecule is COc1ccc(C(=O)NCCCO[C@H](C)c2ccccc2)cc1. The van der Waals surface area contributed by atoms with E-state index in [1.54, 1.807) is 31.4 Å². The number of amides is 1. The highest BCUT2D eigenvalue weighted by Crippen LogP contribution is 2.15. The van der Waals surface area contributed by atoms with Gasteiger partial charge in [-0.1, -0.05) is 30.3 Å². The highest BCUT2D eigenvalue weighted by molar-refractivity contribution is 5.94. The van der Waals surface area contributed by atoms with E-state index in [1.165, 1.54) is 0 Å². The van der Waals surface area contributed by atoms with Crippen molar-refractivity contribution < 1.29 is 14.3 Å². The normalized spacial score (nSPS) is 11.7. The van der Waals surface area contributed by atoms with Gasteiger partial charge in [0.25, 0.3) is 5.91 Å². The largest absolute Gasteiger partial charge is 0.497 e. The van der Waals surface area contributed by atoms with E-state index in [9.17, 15) is 4.79 Å². The molecule has 0 unspecified atom stereocenters. The molecule has 4 heteroatoms. The van der Waals surface area contributed by atoms with Crippen LogP contribution in [0.1, 0.15) is 35.4 Å². The number of carbonyl (C=O) groups is 1. The van der Waals surface area contributed by atoms with Crippen molar-refractivity contribution in [3.63, 3.8) is 0 Å². The Hall–Kier alpha value is -2.33. The molecule has 0 heterocycles. The van der Waals surface area contributed by atoms with Gasteiger partial charge in [-0.3, -0.25) is 4.79 Å². The molecule has 122 valence electrons. The molecule has 1 atom stereocenters. The van der Waals surface area contributed by atoms with Gasteiger partial charge >= 0.3 is 0 Å². The first kappa shape index (κ1) is 17.0. The second-order valence-electron chi connectivity index (χ2n) is 5.26. The quantitative estimate of drug-likeness (QED) is 0.758. The summed E-state index contributed by atoms with van der Waals surface area (Å²) < 4.78 is 10.9. The number of carbonyl (C=O) groups excluding carboxylic acids is 1. The number of hydrogen-bond donors (Lipinski definition) is 1. The van der Waals surface area contributed by atoms with Crippen molar-refractivity contribution in [2.24, 2.45) is 0 Å². The summed E-state index contributed by atoms with van der Waals surface area (Å²) in [6.45, 7) is 3.23. The minimum Gasteiger partial charge on any atom is -0.497 e. The molecule has 0 saturated heterocycles. The minimum atomic E-state index is -0.0799. The lowest BCUT2D eigenvalue weighted by molar-refractivity contribution is 0.0635. The van der Waals surface area contributed by atoms with Crippen LogP contribution in [0.15, 0.2) is 54.6 Å². The molecule has 2 rings (SSSR count). The minimum absolute atomic E-state index is 0.0634. The van der Waals surface area contributed by atoms with Crippen LogP contribution >= 0.6 is 0 Å². The summed E-state index contributed by atoms with van der Waals surface area (Å²) in [4.78, 5) is 12.0. The zero-order valence-corrected chi connectivity index (χ0v) is 13.6. The highest BCUT2D eigenvalue weighted by Gasteiger charge is 2.06. The second-order valence-corrected chi connectivity index (χ2v) is 5.26. The van der Waals surface area contributed by atoms with E-state index in [0.29, 0.717) is 18.7 Å². The molecule has 2 aromatic rings. The lowest BCUT2D eigenvalue weighted by Gasteiger charge is -2.13. The first-order valence-electron chi connectivity index (χ1n) is 7.79. The smallest absolute Gasteiger partial charge is 0.251 e. The average molecular weight is 313 g/mol. The number of benzene rings is 2. The first-order valence-corrected chi connectivity index (χ1v) is 7.79.